The van der Waals surface area contributed by atoms with E-state index in [1.165, 1.54) is 24.3 Å². The molecular formula is C22H16O8. The van der Waals surface area contributed by atoms with E-state index in [2.05, 4.69) is 9.47 Å². The molecule has 0 aromatic heterocycles. The van der Waals surface area contributed by atoms with Crippen LogP contribution >= 0.6 is 0 Å². The molecule has 8 heteroatoms. The molecule has 0 atom stereocenters. The fourth-order valence-electron chi connectivity index (χ4n) is 3.93. The van der Waals surface area contributed by atoms with Crippen molar-refractivity contribution in [1.82, 2.24) is 0 Å². The monoisotopic (exact) mass is 408 g/mol. The van der Waals surface area contributed by atoms with E-state index in [4.69, 9.17) is 9.47 Å². The first-order chi connectivity index (χ1) is 14.5. The molecular weight excluding hydrogens is 392 g/mol. The summed E-state index contributed by atoms with van der Waals surface area (Å²) in [4.78, 5) is 46.4. The summed E-state index contributed by atoms with van der Waals surface area (Å²) in [6, 6.07) is 9.47. The van der Waals surface area contributed by atoms with Crippen LogP contribution in [0.4, 0.5) is 0 Å². The summed E-state index contributed by atoms with van der Waals surface area (Å²) in [5.41, 5.74) is 0.958. The van der Waals surface area contributed by atoms with Crippen LogP contribution in [0.3, 0.4) is 0 Å². The number of benzene rings is 2. The molecule has 0 spiro atoms. The lowest BCUT2D eigenvalue weighted by Gasteiger charge is -2.29. The molecule has 0 radical (unpaired) electrons. The largest absolute Gasteiger partial charge is 0.490 e. The second-order valence-electron chi connectivity index (χ2n) is 7.40. The average molecular weight is 408 g/mol. The highest BCUT2D eigenvalue weighted by Gasteiger charge is 2.32. The molecule has 1 saturated carbocycles. The maximum atomic E-state index is 11.7. The lowest BCUT2D eigenvalue weighted by atomic mass is 9.94. The van der Waals surface area contributed by atoms with E-state index in [-0.39, 0.29) is 34.5 Å². The molecule has 0 saturated heterocycles. The molecule has 30 heavy (non-hydrogen) atoms. The van der Waals surface area contributed by atoms with Gasteiger partial charge in [-0.15, -0.1) is 0 Å². The maximum absolute atomic E-state index is 11.7. The predicted octanol–water partition coefficient (Wildman–Crippen LogP) is 3.08. The van der Waals surface area contributed by atoms with Gasteiger partial charge < -0.3 is 18.9 Å². The summed E-state index contributed by atoms with van der Waals surface area (Å²) in [7, 11) is 0. The standard InChI is InChI=1S/C22H16O8/c23-19-15-7-5-13(9-17(15)21(25)29-19)27-11-1-2-12(4-3-11)28-14-6-8-16-18(10-14)22(26)30-20(16)24/h5-12H,1-4H2. The van der Waals surface area contributed by atoms with Crippen LogP contribution in [0, 0.1) is 0 Å². The molecule has 2 aliphatic heterocycles. The van der Waals surface area contributed by atoms with Crippen molar-refractivity contribution < 1.29 is 38.1 Å². The Morgan fingerprint density at radius 3 is 1.33 bits per heavy atom. The first-order valence-electron chi connectivity index (χ1n) is 9.62. The quantitative estimate of drug-likeness (QED) is 0.561. The number of cyclic esters (lactones) is 4. The van der Waals surface area contributed by atoms with Crippen molar-refractivity contribution in [3.63, 3.8) is 0 Å². The minimum absolute atomic E-state index is 0.0383. The molecule has 3 aliphatic rings. The molecule has 2 aromatic rings. The van der Waals surface area contributed by atoms with Crippen LogP contribution in [0.15, 0.2) is 36.4 Å². The van der Waals surface area contributed by atoms with E-state index in [1.54, 1.807) is 12.1 Å². The molecule has 0 amide bonds. The second kappa shape index (κ2) is 6.98. The number of carbonyl (C=O) groups excluding carboxylic acids is 4. The Labute approximate surface area is 170 Å². The van der Waals surface area contributed by atoms with Crippen molar-refractivity contribution in [2.45, 2.75) is 37.9 Å². The van der Waals surface area contributed by atoms with E-state index < -0.39 is 23.9 Å². The number of hydrogen-bond donors (Lipinski definition) is 0. The van der Waals surface area contributed by atoms with Crippen LogP contribution in [-0.4, -0.2) is 36.1 Å². The number of rotatable bonds is 4. The van der Waals surface area contributed by atoms with Crippen molar-refractivity contribution in [3.8, 4) is 11.5 Å². The van der Waals surface area contributed by atoms with Gasteiger partial charge in [0.05, 0.1) is 34.5 Å². The van der Waals surface area contributed by atoms with Gasteiger partial charge in [0.15, 0.2) is 0 Å². The minimum atomic E-state index is -0.655. The van der Waals surface area contributed by atoms with Gasteiger partial charge in [-0.05, 0) is 62.1 Å². The molecule has 1 aliphatic carbocycles. The molecule has 2 aromatic carbocycles. The number of ether oxygens (including phenoxy) is 4. The third-order valence-electron chi connectivity index (χ3n) is 5.46. The van der Waals surface area contributed by atoms with Crippen LogP contribution in [0.1, 0.15) is 67.1 Å². The number of hydrogen-bond acceptors (Lipinski definition) is 8. The Morgan fingerprint density at radius 1 is 0.567 bits per heavy atom. The van der Waals surface area contributed by atoms with E-state index in [0.717, 1.165) is 25.7 Å². The lowest BCUT2D eigenvalue weighted by Crippen LogP contribution is -2.30. The van der Waals surface area contributed by atoms with E-state index in [9.17, 15) is 19.2 Å². The number of carbonyl (C=O) groups is 4. The average Bonchev–Trinajstić information content (AvgIpc) is 3.18. The van der Waals surface area contributed by atoms with E-state index in [1.807, 2.05) is 0 Å². The van der Waals surface area contributed by atoms with Gasteiger partial charge >= 0.3 is 23.9 Å². The smallest absolute Gasteiger partial charge is 0.347 e. The predicted molar refractivity (Wildman–Crippen MR) is 99.7 cm³/mol. The molecule has 0 N–H and O–H groups in total. The van der Waals surface area contributed by atoms with Gasteiger partial charge in [0.25, 0.3) is 0 Å². The van der Waals surface area contributed by atoms with E-state index >= 15 is 0 Å². The molecule has 2 heterocycles. The van der Waals surface area contributed by atoms with Gasteiger partial charge in [0.1, 0.15) is 11.5 Å². The van der Waals surface area contributed by atoms with Crippen molar-refractivity contribution in [1.29, 1.82) is 0 Å². The summed E-state index contributed by atoms with van der Waals surface area (Å²) in [5.74, 6) is -1.54. The Bertz CT molecular complexity index is 1010. The zero-order chi connectivity index (χ0) is 20.8. The van der Waals surface area contributed by atoms with Gasteiger partial charge in [0.2, 0.25) is 0 Å². The zero-order valence-electron chi connectivity index (χ0n) is 15.7. The molecule has 5 rings (SSSR count). The van der Waals surface area contributed by atoms with Gasteiger partial charge in [-0.3, -0.25) is 0 Å². The molecule has 152 valence electrons. The fraction of sp³-hybridized carbons (Fsp3) is 0.273. The molecule has 0 bridgehead atoms. The van der Waals surface area contributed by atoms with Crippen molar-refractivity contribution in [2.75, 3.05) is 0 Å². The third kappa shape index (κ3) is 3.20. The first kappa shape index (κ1) is 18.4. The Hall–Kier alpha value is -3.68. The normalized spacial score (nSPS) is 22.3. The SMILES string of the molecule is O=C1OC(=O)c2cc(OC3CCC(Oc4ccc5c(c4)C(=O)OC5=O)CC3)ccc21. The number of fused-ring (bicyclic) bond motifs is 2. The summed E-state index contributed by atoms with van der Waals surface area (Å²) >= 11 is 0. The summed E-state index contributed by atoms with van der Waals surface area (Å²) in [6.07, 6.45) is 2.91. The molecule has 1 fully saturated rings. The summed E-state index contributed by atoms with van der Waals surface area (Å²) < 4.78 is 21.1. The summed E-state index contributed by atoms with van der Waals surface area (Å²) in [6.45, 7) is 0. The molecule has 8 nitrogen and oxygen atoms in total. The third-order valence-corrected chi connectivity index (χ3v) is 5.46. The highest BCUT2D eigenvalue weighted by Crippen LogP contribution is 2.31. The Balaban J connectivity index is 1.19. The zero-order valence-corrected chi connectivity index (χ0v) is 15.7. The Morgan fingerprint density at radius 2 is 0.933 bits per heavy atom. The molecule has 0 unspecified atom stereocenters. The lowest BCUT2D eigenvalue weighted by molar-refractivity contribution is 0.0425. The van der Waals surface area contributed by atoms with Crippen molar-refractivity contribution in [2.24, 2.45) is 0 Å². The summed E-state index contributed by atoms with van der Waals surface area (Å²) in [5, 5.41) is 0. The van der Waals surface area contributed by atoms with Crippen LogP contribution in [0.25, 0.3) is 0 Å². The highest BCUT2D eigenvalue weighted by atomic mass is 16.6. The Kier molecular flexibility index (Phi) is 4.27. The number of esters is 4. The van der Waals surface area contributed by atoms with Crippen molar-refractivity contribution >= 4 is 23.9 Å². The van der Waals surface area contributed by atoms with Crippen LogP contribution < -0.4 is 9.47 Å². The van der Waals surface area contributed by atoms with E-state index in [0.29, 0.717) is 11.5 Å². The van der Waals surface area contributed by atoms with Crippen LogP contribution in [0.2, 0.25) is 0 Å². The van der Waals surface area contributed by atoms with Gasteiger partial charge in [-0.2, -0.15) is 0 Å². The minimum Gasteiger partial charge on any atom is -0.490 e. The maximum Gasteiger partial charge on any atom is 0.347 e. The first-order valence-corrected chi connectivity index (χ1v) is 9.62. The van der Waals surface area contributed by atoms with Crippen molar-refractivity contribution in [3.05, 3.63) is 58.7 Å². The second-order valence-corrected chi connectivity index (χ2v) is 7.40. The topological polar surface area (TPSA) is 105 Å². The van der Waals surface area contributed by atoms with Crippen LogP contribution in [-0.2, 0) is 9.47 Å². The van der Waals surface area contributed by atoms with Gasteiger partial charge in [-0.25, -0.2) is 19.2 Å². The van der Waals surface area contributed by atoms with Gasteiger partial charge in [-0.1, -0.05) is 0 Å². The van der Waals surface area contributed by atoms with Crippen LogP contribution in [0.5, 0.6) is 11.5 Å². The highest BCUT2D eigenvalue weighted by molar-refractivity contribution is 6.15. The fourth-order valence-corrected chi connectivity index (χ4v) is 3.93. The van der Waals surface area contributed by atoms with Gasteiger partial charge in [0, 0.05) is 0 Å².